The van der Waals surface area contributed by atoms with E-state index in [1.54, 1.807) is 6.92 Å². The van der Waals surface area contributed by atoms with Gasteiger partial charge in [-0.3, -0.25) is 9.59 Å². The minimum atomic E-state index is -0.678. The molecule has 0 saturated heterocycles. The van der Waals surface area contributed by atoms with Crippen LogP contribution in [0.15, 0.2) is 41.1 Å². The van der Waals surface area contributed by atoms with Crippen LogP contribution in [0.3, 0.4) is 0 Å². The number of esters is 1. The molecular weight excluding hydrogens is 383 g/mol. The quantitative estimate of drug-likeness (QED) is 0.628. The van der Waals surface area contributed by atoms with E-state index in [2.05, 4.69) is 20.4 Å². The molecule has 1 amide bonds. The van der Waals surface area contributed by atoms with Gasteiger partial charge in [-0.25, -0.2) is 9.37 Å². The summed E-state index contributed by atoms with van der Waals surface area (Å²) in [5.41, 5.74) is 0.427. The Bertz CT molecular complexity index is 1040. The summed E-state index contributed by atoms with van der Waals surface area (Å²) in [4.78, 5) is 32.2. The predicted molar refractivity (Wildman–Crippen MR) is 97.7 cm³/mol. The van der Waals surface area contributed by atoms with Gasteiger partial charge in [-0.05, 0) is 31.2 Å². The smallest absolute Gasteiger partial charge is 0.308 e. The molecule has 3 aromatic rings. The normalized spacial score (nSPS) is 11.6. The lowest BCUT2D eigenvalue weighted by atomic mass is 10.2. The molecule has 0 bridgehead atoms. The van der Waals surface area contributed by atoms with Gasteiger partial charge in [0.1, 0.15) is 11.9 Å². The molecule has 150 valence electrons. The van der Waals surface area contributed by atoms with E-state index in [0.717, 1.165) is 0 Å². The van der Waals surface area contributed by atoms with Crippen molar-refractivity contribution in [3.8, 4) is 22.9 Å². The Morgan fingerprint density at radius 3 is 2.59 bits per heavy atom. The van der Waals surface area contributed by atoms with Crippen LogP contribution in [0.2, 0.25) is 0 Å². The van der Waals surface area contributed by atoms with Crippen LogP contribution in [-0.2, 0) is 4.79 Å². The zero-order valence-corrected chi connectivity index (χ0v) is 15.8. The highest BCUT2D eigenvalue weighted by Gasteiger charge is 2.24. The van der Waals surface area contributed by atoms with Gasteiger partial charge in [0.25, 0.3) is 5.91 Å². The summed E-state index contributed by atoms with van der Waals surface area (Å²) in [5, 5.41) is 6.48. The number of nitrogens with one attached hydrogen (secondary N) is 1. The molecule has 0 spiro atoms. The number of carbonyl (C=O) groups is 2. The first-order valence-corrected chi connectivity index (χ1v) is 8.51. The number of hydrogen-bond donors (Lipinski definition) is 1. The number of rotatable bonds is 6. The van der Waals surface area contributed by atoms with E-state index in [4.69, 9.17) is 14.0 Å². The van der Waals surface area contributed by atoms with E-state index in [0.29, 0.717) is 5.56 Å². The number of methoxy groups -OCH3 is 1. The summed E-state index contributed by atoms with van der Waals surface area (Å²) < 4.78 is 28.4. The fourth-order valence-corrected chi connectivity index (χ4v) is 2.45. The number of carbonyl (C=O) groups excluding carboxylic acids is 2. The molecule has 0 unspecified atom stereocenters. The van der Waals surface area contributed by atoms with Crippen molar-refractivity contribution in [2.24, 2.45) is 0 Å². The Balaban J connectivity index is 1.79. The first kappa shape index (κ1) is 19.9. The molecule has 1 atom stereocenters. The van der Waals surface area contributed by atoms with Crippen molar-refractivity contribution in [3.63, 3.8) is 0 Å². The SMILES string of the molecule is COc1ccnc(C(=O)N[C@@H](C)c2nc(-c3ccc(F)cc3)no2)c1OC(C)=O. The second-order valence-electron chi connectivity index (χ2n) is 5.94. The van der Waals surface area contributed by atoms with Crippen molar-refractivity contribution >= 4 is 11.9 Å². The number of hydrogen-bond acceptors (Lipinski definition) is 8. The van der Waals surface area contributed by atoms with E-state index >= 15 is 0 Å². The van der Waals surface area contributed by atoms with Crippen LogP contribution in [0.1, 0.15) is 36.3 Å². The molecule has 0 aliphatic carbocycles. The molecule has 0 aliphatic heterocycles. The Morgan fingerprint density at radius 1 is 1.21 bits per heavy atom. The predicted octanol–water partition coefficient (Wildman–Crippen LogP) is 2.70. The molecule has 0 saturated carbocycles. The molecule has 2 heterocycles. The summed E-state index contributed by atoms with van der Waals surface area (Å²) in [6, 6.07) is 6.37. The highest BCUT2D eigenvalue weighted by atomic mass is 19.1. The average molecular weight is 400 g/mol. The fraction of sp³-hybridized carbons (Fsp3) is 0.211. The number of benzene rings is 1. The summed E-state index contributed by atoms with van der Waals surface area (Å²) in [6.07, 6.45) is 1.35. The average Bonchev–Trinajstić information content (AvgIpc) is 3.18. The van der Waals surface area contributed by atoms with Gasteiger partial charge in [0.2, 0.25) is 17.5 Å². The number of amides is 1. The number of aromatic nitrogens is 3. The third-order valence-electron chi connectivity index (χ3n) is 3.81. The van der Waals surface area contributed by atoms with Crippen LogP contribution in [-0.4, -0.2) is 34.1 Å². The van der Waals surface area contributed by atoms with Crippen LogP contribution in [0, 0.1) is 5.82 Å². The molecule has 2 aromatic heterocycles. The molecule has 1 N–H and O–H groups in total. The van der Waals surface area contributed by atoms with Crippen molar-refractivity contribution < 1.29 is 28.0 Å². The van der Waals surface area contributed by atoms with Crippen molar-refractivity contribution in [2.75, 3.05) is 7.11 Å². The Hall–Kier alpha value is -3.82. The monoisotopic (exact) mass is 400 g/mol. The van der Waals surface area contributed by atoms with Crippen LogP contribution < -0.4 is 14.8 Å². The zero-order chi connectivity index (χ0) is 21.0. The third kappa shape index (κ3) is 4.54. The van der Waals surface area contributed by atoms with Crippen LogP contribution >= 0.6 is 0 Å². The largest absolute Gasteiger partial charge is 0.493 e. The molecule has 0 radical (unpaired) electrons. The van der Waals surface area contributed by atoms with E-state index in [-0.39, 0.29) is 34.7 Å². The Labute approximate surface area is 164 Å². The topological polar surface area (TPSA) is 116 Å². The van der Waals surface area contributed by atoms with Crippen molar-refractivity contribution in [1.29, 1.82) is 0 Å². The first-order chi connectivity index (χ1) is 13.9. The van der Waals surface area contributed by atoms with Gasteiger partial charge in [0, 0.05) is 24.8 Å². The molecule has 10 heteroatoms. The molecule has 0 fully saturated rings. The molecule has 1 aromatic carbocycles. The number of ether oxygens (including phenoxy) is 2. The standard InChI is InChI=1S/C19H17FN4O5/c1-10(19-23-17(24-29-19)12-4-6-13(20)7-5-12)22-18(26)15-16(28-11(2)25)14(27-3)8-9-21-15/h4-10H,1-3H3,(H,22,26)/t10-/m0/s1. The van der Waals surface area contributed by atoms with Gasteiger partial charge >= 0.3 is 5.97 Å². The van der Waals surface area contributed by atoms with Crippen molar-refractivity contribution in [1.82, 2.24) is 20.4 Å². The molecule has 3 rings (SSSR count). The van der Waals surface area contributed by atoms with Gasteiger partial charge in [-0.2, -0.15) is 4.98 Å². The number of halogens is 1. The highest BCUT2D eigenvalue weighted by molar-refractivity contribution is 5.96. The molecule has 0 aliphatic rings. The summed E-state index contributed by atoms with van der Waals surface area (Å²) in [7, 11) is 1.38. The molecule has 29 heavy (non-hydrogen) atoms. The van der Waals surface area contributed by atoms with Crippen LogP contribution in [0.25, 0.3) is 11.4 Å². The maximum atomic E-state index is 13.0. The van der Waals surface area contributed by atoms with Crippen LogP contribution in [0.5, 0.6) is 11.5 Å². The zero-order valence-electron chi connectivity index (χ0n) is 15.8. The molecule has 9 nitrogen and oxygen atoms in total. The van der Waals surface area contributed by atoms with Gasteiger partial charge in [-0.15, -0.1) is 0 Å². The van der Waals surface area contributed by atoms with Crippen LogP contribution in [0.4, 0.5) is 4.39 Å². The number of nitrogens with zero attached hydrogens (tertiary/aromatic N) is 3. The molecular formula is C19H17FN4O5. The van der Waals surface area contributed by atoms with E-state index < -0.39 is 17.9 Å². The lowest BCUT2D eigenvalue weighted by molar-refractivity contribution is -0.132. The summed E-state index contributed by atoms with van der Waals surface area (Å²) in [5.74, 6) is -1.16. The second kappa shape index (κ2) is 8.46. The Kier molecular flexibility index (Phi) is 5.82. The van der Waals surface area contributed by atoms with Gasteiger partial charge < -0.3 is 19.3 Å². The maximum Gasteiger partial charge on any atom is 0.308 e. The van der Waals surface area contributed by atoms with E-state index in [1.807, 2.05) is 0 Å². The van der Waals surface area contributed by atoms with Gasteiger partial charge in [0.05, 0.1) is 7.11 Å². The third-order valence-corrected chi connectivity index (χ3v) is 3.81. The first-order valence-electron chi connectivity index (χ1n) is 8.51. The number of pyridine rings is 1. The minimum Gasteiger partial charge on any atom is -0.493 e. The second-order valence-corrected chi connectivity index (χ2v) is 5.94. The van der Waals surface area contributed by atoms with E-state index in [9.17, 15) is 14.0 Å². The van der Waals surface area contributed by atoms with Crippen molar-refractivity contribution in [3.05, 3.63) is 53.9 Å². The van der Waals surface area contributed by atoms with E-state index in [1.165, 1.54) is 50.6 Å². The Morgan fingerprint density at radius 2 is 1.93 bits per heavy atom. The summed E-state index contributed by atoms with van der Waals surface area (Å²) in [6.45, 7) is 2.83. The van der Waals surface area contributed by atoms with Crippen molar-refractivity contribution in [2.45, 2.75) is 19.9 Å². The summed E-state index contributed by atoms with van der Waals surface area (Å²) >= 11 is 0. The van der Waals surface area contributed by atoms with Gasteiger partial charge in [0.15, 0.2) is 11.4 Å². The van der Waals surface area contributed by atoms with Gasteiger partial charge in [-0.1, -0.05) is 5.16 Å². The minimum absolute atomic E-state index is 0.0928. The maximum absolute atomic E-state index is 13.0. The fourth-order valence-electron chi connectivity index (χ4n) is 2.45. The lowest BCUT2D eigenvalue weighted by Gasteiger charge is -2.13. The lowest BCUT2D eigenvalue weighted by Crippen LogP contribution is -2.28. The highest BCUT2D eigenvalue weighted by Crippen LogP contribution is 2.30.